The fraction of sp³-hybridized carbons (Fsp3) is 0.588. The number of hydrogen-bond acceptors (Lipinski definition) is 3. The van der Waals surface area contributed by atoms with Gasteiger partial charge in [0, 0.05) is 32.2 Å². The van der Waals surface area contributed by atoms with Crippen LogP contribution in [0.5, 0.6) is 0 Å². The fourth-order valence-electron chi connectivity index (χ4n) is 2.56. The van der Waals surface area contributed by atoms with Crippen molar-refractivity contribution in [2.75, 3.05) is 19.6 Å². The van der Waals surface area contributed by atoms with Gasteiger partial charge >= 0.3 is 6.09 Å². The van der Waals surface area contributed by atoms with Gasteiger partial charge in [-0.25, -0.2) is 4.79 Å². The molecule has 1 atom stereocenters. The Hall–Kier alpha value is -1.55. The number of nitrogens with zero attached hydrogens (tertiary/aromatic N) is 2. The third kappa shape index (κ3) is 4.74. The van der Waals surface area contributed by atoms with Gasteiger partial charge in [-0.05, 0) is 45.4 Å². The van der Waals surface area contributed by atoms with Crippen molar-refractivity contribution in [2.45, 2.75) is 45.9 Å². The molecule has 0 spiro atoms. The normalized spacial score (nSPS) is 20.4. The predicted molar refractivity (Wildman–Crippen MR) is 83.0 cm³/mol. The van der Waals surface area contributed by atoms with Crippen LogP contribution < -0.4 is 0 Å². The molecule has 0 bridgehead atoms. The molecule has 1 radical (unpaired) electrons. The van der Waals surface area contributed by atoms with Crippen molar-refractivity contribution in [3.05, 3.63) is 35.9 Å². The molecule has 2 rings (SSSR count). The minimum absolute atomic E-state index is 0.168. The molecule has 0 saturated carbocycles. The third-order valence-electron chi connectivity index (χ3n) is 3.52. The van der Waals surface area contributed by atoms with E-state index in [1.165, 1.54) is 5.56 Å². The molecule has 0 unspecified atom stereocenters. The molecule has 1 aromatic rings. The highest BCUT2D eigenvalue weighted by Gasteiger charge is 2.30. The van der Waals surface area contributed by atoms with Gasteiger partial charge in [0.25, 0.3) is 0 Å². The highest BCUT2D eigenvalue weighted by molar-refractivity contribution is 5.68. The van der Waals surface area contributed by atoms with Crippen LogP contribution >= 0.6 is 0 Å². The van der Waals surface area contributed by atoms with E-state index in [0.29, 0.717) is 6.54 Å². The van der Waals surface area contributed by atoms with Crippen LogP contribution in [0.3, 0.4) is 0 Å². The van der Waals surface area contributed by atoms with Crippen LogP contribution in [0.2, 0.25) is 0 Å². The van der Waals surface area contributed by atoms with Gasteiger partial charge in [-0.15, -0.1) is 0 Å². The minimum atomic E-state index is -0.437. The molecule has 1 aliphatic heterocycles. The lowest BCUT2D eigenvalue weighted by molar-refractivity contribution is 0.000563. The zero-order valence-corrected chi connectivity index (χ0v) is 13.4. The topological polar surface area (TPSA) is 32.8 Å². The number of amides is 1. The first-order chi connectivity index (χ1) is 9.85. The summed E-state index contributed by atoms with van der Waals surface area (Å²) in [6, 6.07) is 11.3. The van der Waals surface area contributed by atoms with Crippen LogP contribution in [0.1, 0.15) is 33.3 Å². The Bertz CT molecular complexity index is 467. The molecule has 21 heavy (non-hydrogen) atoms. The van der Waals surface area contributed by atoms with Crippen LogP contribution in [0.15, 0.2) is 24.3 Å². The van der Waals surface area contributed by atoms with Gasteiger partial charge in [0.05, 0.1) is 0 Å². The van der Waals surface area contributed by atoms with E-state index in [1.54, 1.807) is 0 Å². The molecule has 4 nitrogen and oxygen atoms in total. The van der Waals surface area contributed by atoms with Gasteiger partial charge in [0.2, 0.25) is 0 Å². The second kappa shape index (κ2) is 6.48. The van der Waals surface area contributed by atoms with E-state index in [9.17, 15) is 4.79 Å². The van der Waals surface area contributed by atoms with Crippen LogP contribution in [0.4, 0.5) is 4.79 Å². The predicted octanol–water partition coefficient (Wildman–Crippen LogP) is 2.93. The average molecular weight is 289 g/mol. The number of piperazine rings is 1. The summed E-state index contributed by atoms with van der Waals surface area (Å²) in [5, 5.41) is 0. The number of benzene rings is 1. The molecular formula is C17H25N2O2. The Kier molecular flexibility index (Phi) is 4.88. The molecule has 115 valence electrons. The van der Waals surface area contributed by atoms with E-state index in [4.69, 9.17) is 4.74 Å². The average Bonchev–Trinajstić information content (AvgIpc) is 2.37. The first-order valence-electron chi connectivity index (χ1n) is 7.52. The van der Waals surface area contributed by atoms with Gasteiger partial charge < -0.3 is 9.64 Å². The maximum absolute atomic E-state index is 12.2. The molecule has 0 aliphatic carbocycles. The van der Waals surface area contributed by atoms with Crippen molar-refractivity contribution in [1.29, 1.82) is 0 Å². The van der Waals surface area contributed by atoms with Crippen molar-refractivity contribution in [3.63, 3.8) is 0 Å². The van der Waals surface area contributed by atoms with Crippen molar-refractivity contribution in [1.82, 2.24) is 9.80 Å². The van der Waals surface area contributed by atoms with Crippen molar-refractivity contribution in [2.24, 2.45) is 0 Å². The van der Waals surface area contributed by atoms with Gasteiger partial charge in [0.1, 0.15) is 5.60 Å². The number of hydrogen-bond donors (Lipinski definition) is 0. The summed E-state index contributed by atoms with van der Waals surface area (Å²) in [5.41, 5.74) is 0.823. The van der Waals surface area contributed by atoms with Crippen LogP contribution in [0, 0.1) is 6.07 Å². The largest absolute Gasteiger partial charge is 0.444 e. The highest BCUT2D eigenvalue weighted by atomic mass is 16.6. The standard InChI is InChI=1S/C17H25N2O2/c1-14-12-18(13-15-8-6-5-7-9-15)10-11-19(14)16(20)21-17(2,3)4/h5-6,8-9,14H,10-13H2,1-4H3/t14-/m0/s1. The molecular weight excluding hydrogens is 264 g/mol. The number of carbonyl (C=O) groups excluding carboxylic acids is 1. The fourth-order valence-corrected chi connectivity index (χ4v) is 2.56. The summed E-state index contributed by atoms with van der Waals surface area (Å²) in [6.07, 6.45) is -0.206. The van der Waals surface area contributed by atoms with E-state index in [1.807, 2.05) is 43.9 Å². The van der Waals surface area contributed by atoms with Crippen LogP contribution in [-0.4, -0.2) is 47.2 Å². The summed E-state index contributed by atoms with van der Waals surface area (Å²) in [6.45, 7) is 11.1. The molecule has 1 aliphatic rings. The van der Waals surface area contributed by atoms with Gasteiger partial charge in [-0.1, -0.05) is 18.2 Å². The molecule has 1 fully saturated rings. The molecule has 1 aromatic carbocycles. The number of rotatable bonds is 2. The Morgan fingerprint density at radius 1 is 1.43 bits per heavy atom. The summed E-state index contributed by atoms with van der Waals surface area (Å²) in [7, 11) is 0. The summed E-state index contributed by atoms with van der Waals surface area (Å²) < 4.78 is 5.46. The molecule has 1 amide bonds. The quantitative estimate of drug-likeness (QED) is 0.839. The van der Waals surface area contributed by atoms with E-state index >= 15 is 0 Å². The zero-order valence-electron chi connectivity index (χ0n) is 13.4. The lowest BCUT2D eigenvalue weighted by Crippen LogP contribution is -2.54. The maximum Gasteiger partial charge on any atom is 0.410 e. The lowest BCUT2D eigenvalue weighted by Gasteiger charge is -2.40. The first-order valence-corrected chi connectivity index (χ1v) is 7.52. The maximum atomic E-state index is 12.2. The Labute approximate surface area is 127 Å². The van der Waals surface area contributed by atoms with Gasteiger partial charge in [-0.3, -0.25) is 4.90 Å². The molecule has 0 aromatic heterocycles. The summed E-state index contributed by atoms with van der Waals surface area (Å²) in [4.78, 5) is 16.4. The van der Waals surface area contributed by atoms with E-state index in [0.717, 1.165) is 19.6 Å². The third-order valence-corrected chi connectivity index (χ3v) is 3.52. The SMILES string of the molecule is C[C@H]1CN(Cc2c[c]ccc2)CCN1C(=O)OC(C)(C)C. The summed E-state index contributed by atoms with van der Waals surface area (Å²) >= 11 is 0. The second-order valence-electron chi connectivity index (χ2n) is 6.67. The monoisotopic (exact) mass is 289 g/mol. The van der Waals surface area contributed by atoms with Crippen molar-refractivity contribution < 1.29 is 9.53 Å². The molecule has 4 heteroatoms. The number of ether oxygens (including phenoxy) is 1. The van der Waals surface area contributed by atoms with E-state index < -0.39 is 5.60 Å². The molecule has 0 N–H and O–H groups in total. The highest BCUT2D eigenvalue weighted by Crippen LogP contribution is 2.17. The van der Waals surface area contributed by atoms with Crippen molar-refractivity contribution >= 4 is 6.09 Å². The first kappa shape index (κ1) is 15.8. The van der Waals surface area contributed by atoms with Crippen LogP contribution in [0.25, 0.3) is 0 Å². The Balaban J connectivity index is 1.89. The molecule has 1 saturated heterocycles. The molecule has 1 heterocycles. The summed E-state index contributed by atoms with van der Waals surface area (Å²) in [5.74, 6) is 0. The Morgan fingerprint density at radius 3 is 2.76 bits per heavy atom. The van der Waals surface area contributed by atoms with Gasteiger partial charge in [0.15, 0.2) is 0 Å². The van der Waals surface area contributed by atoms with Crippen LogP contribution in [-0.2, 0) is 11.3 Å². The zero-order chi connectivity index (χ0) is 15.5. The van der Waals surface area contributed by atoms with E-state index in [-0.39, 0.29) is 12.1 Å². The smallest absolute Gasteiger partial charge is 0.410 e. The Morgan fingerprint density at radius 2 is 2.19 bits per heavy atom. The second-order valence-corrected chi connectivity index (χ2v) is 6.67. The van der Waals surface area contributed by atoms with Gasteiger partial charge in [-0.2, -0.15) is 0 Å². The number of carbonyl (C=O) groups is 1. The lowest BCUT2D eigenvalue weighted by atomic mass is 10.1. The van der Waals surface area contributed by atoms with E-state index in [2.05, 4.69) is 24.0 Å². The van der Waals surface area contributed by atoms with Crippen molar-refractivity contribution in [3.8, 4) is 0 Å². The minimum Gasteiger partial charge on any atom is -0.444 e.